The Morgan fingerprint density at radius 2 is 2.33 bits per heavy atom. The zero-order valence-corrected chi connectivity index (χ0v) is 11.7. The lowest BCUT2D eigenvalue weighted by atomic mass is 10.1. The van der Waals surface area contributed by atoms with Crippen LogP contribution in [0.2, 0.25) is 0 Å². The van der Waals surface area contributed by atoms with E-state index in [-0.39, 0.29) is 25.2 Å². The number of hydrogen-bond acceptors (Lipinski definition) is 5. The summed E-state index contributed by atoms with van der Waals surface area (Å²) in [6.07, 6.45) is 3.45. The molecule has 0 aliphatic carbocycles. The van der Waals surface area contributed by atoms with Crippen molar-refractivity contribution in [1.82, 2.24) is 9.88 Å². The van der Waals surface area contributed by atoms with E-state index < -0.39 is 0 Å². The summed E-state index contributed by atoms with van der Waals surface area (Å²) in [5, 5.41) is 18.0. The molecular formula is C15H18N2O4. The molecule has 0 aromatic carbocycles. The van der Waals surface area contributed by atoms with Crippen LogP contribution in [-0.4, -0.2) is 65.0 Å². The number of carbonyl (C=O) groups is 1. The fourth-order valence-electron chi connectivity index (χ4n) is 2.08. The van der Waals surface area contributed by atoms with E-state index in [9.17, 15) is 9.90 Å². The molecule has 1 aliphatic rings. The average Bonchev–Trinajstić information content (AvgIpc) is 2.54. The van der Waals surface area contributed by atoms with Crippen LogP contribution in [0.5, 0.6) is 0 Å². The van der Waals surface area contributed by atoms with E-state index in [0.717, 1.165) is 0 Å². The first-order chi connectivity index (χ1) is 10.3. The van der Waals surface area contributed by atoms with Gasteiger partial charge in [-0.1, -0.05) is 11.8 Å². The molecule has 6 nitrogen and oxygen atoms in total. The van der Waals surface area contributed by atoms with E-state index in [4.69, 9.17) is 9.84 Å². The number of hydrogen-bond donors (Lipinski definition) is 2. The Labute approximate surface area is 123 Å². The zero-order valence-electron chi connectivity index (χ0n) is 11.7. The van der Waals surface area contributed by atoms with Gasteiger partial charge in [-0.2, -0.15) is 0 Å². The van der Waals surface area contributed by atoms with Crippen molar-refractivity contribution in [2.45, 2.75) is 12.5 Å². The number of ether oxygens (including phenoxy) is 1. The number of carbonyl (C=O) groups excluding carboxylic acids is 1. The van der Waals surface area contributed by atoms with Crippen LogP contribution in [0.15, 0.2) is 18.5 Å². The highest BCUT2D eigenvalue weighted by Crippen LogP contribution is 2.12. The Kier molecular flexibility index (Phi) is 5.69. The van der Waals surface area contributed by atoms with Crippen LogP contribution in [0.4, 0.5) is 0 Å². The molecule has 1 fully saturated rings. The number of nitrogens with zero attached hydrogens (tertiary/aromatic N) is 2. The molecule has 1 aromatic rings. The maximum absolute atomic E-state index is 12.5. The summed E-state index contributed by atoms with van der Waals surface area (Å²) in [4.78, 5) is 18.1. The predicted molar refractivity (Wildman–Crippen MR) is 75.5 cm³/mol. The minimum atomic E-state index is -0.324. The second-order valence-corrected chi connectivity index (χ2v) is 4.65. The first kappa shape index (κ1) is 15.4. The second kappa shape index (κ2) is 7.74. The van der Waals surface area contributed by atoms with E-state index >= 15 is 0 Å². The van der Waals surface area contributed by atoms with Gasteiger partial charge in [-0.25, -0.2) is 0 Å². The van der Waals surface area contributed by atoms with Crippen LogP contribution < -0.4 is 0 Å². The van der Waals surface area contributed by atoms with Crippen LogP contribution in [0.25, 0.3) is 0 Å². The number of amides is 1. The SMILES string of the molecule is O=C(c1cncc(C#CCCO)c1)N1CCOCC1CO. The van der Waals surface area contributed by atoms with Gasteiger partial charge in [0.05, 0.1) is 38.0 Å². The van der Waals surface area contributed by atoms with Gasteiger partial charge in [-0.15, -0.1) is 0 Å². The molecule has 0 radical (unpaired) electrons. The van der Waals surface area contributed by atoms with Gasteiger partial charge in [0.25, 0.3) is 5.91 Å². The lowest BCUT2D eigenvalue weighted by Gasteiger charge is -2.34. The van der Waals surface area contributed by atoms with E-state index in [1.54, 1.807) is 17.2 Å². The third-order valence-electron chi connectivity index (χ3n) is 3.15. The highest BCUT2D eigenvalue weighted by Gasteiger charge is 2.27. The summed E-state index contributed by atoms with van der Waals surface area (Å²) in [7, 11) is 0. The summed E-state index contributed by atoms with van der Waals surface area (Å²) < 4.78 is 5.26. The summed E-state index contributed by atoms with van der Waals surface area (Å²) in [5.41, 5.74) is 1.06. The van der Waals surface area contributed by atoms with Crippen LogP contribution in [0.3, 0.4) is 0 Å². The minimum absolute atomic E-state index is 0.00497. The van der Waals surface area contributed by atoms with Crippen LogP contribution in [-0.2, 0) is 4.74 Å². The van der Waals surface area contributed by atoms with E-state index in [1.807, 2.05) is 0 Å². The molecule has 1 saturated heterocycles. The quantitative estimate of drug-likeness (QED) is 0.744. The lowest BCUT2D eigenvalue weighted by Crippen LogP contribution is -2.50. The molecule has 1 aromatic heterocycles. The van der Waals surface area contributed by atoms with Crippen LogP contribution >= 0.6 is 0 Å². The highest BCUT2D eigenvalue weighted by atomic mass is 16.5. The number of aromatic nitrogens is 1. The van der Waals surface area contributed by atoms with Crippen molar-refractivity contribution in [3.8, 4) is 11.8 Å². The Bertz CT molecular complexity index is 550. The molecule has 6 heteroatoms. The largest absolute Gasteiger partial charge is 0.395 e. The summed E-state index contributed by atoms with van der Waals surface area (Å²) >= 11 is 0. The monoisotopic (exact) mass is 290 g/mol. The zero-order chi connectivity index (χ0) is 15.1. The Morgan fingerprint density at radius 3 is 3.10 bits per heavy atom. The molecule has 2 N–H and O–H groups in total. The van der Waals surface area contributed by atoms with E-state index in [1.165, 1.54) is 6.20 Å². The van der Waals surface area contributed by atoms with E-state index in [2.05, 4.69) is 16.8 Å². The lowest BCUT2D eigenvalue weighted by molar-refractivity contribution is -0.0184. The summed E-state index contributed by atoms with van der Waals surface area (Å²) in [6, 6.07) is 1.35. The third-order valence-corrected chi connectivity index (χ3v) is 3.15. The van der Waals surface area contributed by atoms with Gasteiger partial charge in [0.2, 0.25) is 0 Å². The molecule has 0 bridgehead atoms. The van der Waals surface area contributed by atoms with Gasteiger partial charge >= 0.3 is 0 Å². The summed E-state index contributed by atoms with van der Waals surface area (Å²) in [5.74, 6) is 5.46. The van der Waals surface area contributed by atoms with Crippen LogP contribution in [0.1, 0.15) is 22.3 Å². The predicted octanol–water partition coefficient (Wildman–Crippen LogP) is -0.351. The minimum Gasteiger partial charge on any atom is -0.395 e. The van der Waals surface area contributed by atoms with Crippen molar-refractivity contribution in [2.75, 3.05) is 33.0 Å². The van der Waals surface area contributed by atoms with Crippen molar-refractivity contribution in [2.24, 2.45) is 0 Å². The molecule has 2 heterocycles. The molecule has 1 unspecified atom stereocenters. The maximum atomic E-state index is 12.5. The fraction of sp³-hybridized carbons (Fsp3) is 0.467. The highest BCUT2D eigenvalue weighted by molar-refractivity contribution is 5.94. The van der Waals surface area contributed by atoms with Gasteiger partial charge in [0, 0.05) is 30.9 Å². The van der Waals surface area contributed by atoms with Gasteiger partial charge < -0.3 is 19.8 Å². The van der Waals surface area contributed by atoms with Gasteiger partial charge in [-0.05, 0) is 6.07 Å². The molecule has 1 aliphatic heterocycles. The van der Waals surface area contributed by atoms with Gasteiger partial charge in [-0.3, -0.25) is 9.78 Å². The number of rotatable bonds is 3. The first-order valence-electron chi connectivity index (χ1n) is 6.80. The smallest absolute Gasteiger partial charge is 0.255 e. The third kappa shape index (κ3) is 4.02. The Morgan fingerprint density at radius 1 is 1.48 bits per heavy atom. The Hall–Kier alpha value is -1.94. The van der Waals surface area contributed by atoms with Crippen molar-refractivity contribution in [3.63, 3.8) is 0 Å². The normalized spacial score (nSPS) is 18.0. The molecule has 1 amide bonds. The van der Waals surface area contributed by atoms with Crippen molar-refractivity contribution in [1.29, 1.82) is 0 Å². The fourth-order valence-corrected chi connectivity index (χ4v) is 2.08. The molecule has 1 atom stereocenters. The second-order valence-electron chi connectivity index (χ2n) is 4.65. The summed E-state index contributed by atoms with van der Waals surface area (Å²) in [6.45, 7) is 1.13. The number of aliphatic hydroxyl groups excluding tert-OH is 2. The molecule has 0 spiro atoms. The molecule has 0 saturated carbocycles. The van der Waals surface area contributed by atoms with Gasteiger partial charge in [0.1, 0.15) is 0 Å². The molecule has 2 rings (SSSR count). The van der Waals surface area contributed by atoms with Crippen molar-refractivity contribution < 1.29 is 19.7 Å². The first-order valence-corrected chi connectivity index (χ1v) is 6.80. The topological polar surface area (TPSA) is 82.9 Å². The van der Waals surface area contributed by atoms with E-state index in [0.29, 0.717) is 37.3 Å². The average molecular weight is 290 g/mol. The standard InChI is InChI=1S/C15H18N2O4/c18-5-2-1-3-12-7-13(9-16-8-12)15(20)17-4-6-21-11-14(17)10-19/h7-9,14,18-19H,2,4-6,10-11H2. The molecule has 112 valence electrons. The molecule has 21 heavy (non-hydrogen) atoms. The Balaban J connectivity index is 2.15. The van der Waals surface area contributed by atoms with Crippen LogP contribution in [0, 0.1) is 11.8 Å². The maximum Gasteiger partial charge on any atom is 0.255 e. The number of morpholine rings is 1. The van der Waals surface area contributed by atoms with Crippen molar-refractivity contribution >= 4 is 5.91 Å². The van der Waals surface area contributed by atoms with Crippen molar-refractivity contribution in [3.05, 3.63) is 29.6 Å². The number of aliphatic hydroxyl groups is 2. The number of pyridine rings is 1. The molecular weight excluding hydrogens is 272 g/mol. The van der Waals surface area contributed by atoms with Gasteiger partial charge in [0.15, 0.2) is 0 Å².